The van der Waals surface area contributed by atoms with Crippen molar-refractivity contribution in [2.75, 3.05) is 6.61 Å². The van der Waals surface area contributed by atoms with Gasteiger partial charge in [-0.2, -0.15) is 0 Å². The molecule has 0 spiro atoms. The summed E-state index contributed by atoms with van der Waals surface area (Å²) < 4.78 is 24.1. The number of Topliss-reactive ketones (excluding diaryl/α,β-unsaturated/α-hetero) is 1. The van der Waals surface area contributed by atoms with Crippen LogP contribution in [0.4, 0.5) is 0 Å². The maximum atomic E-state index is 14.0. The third kappa shape index (κ3) is 8.48. The molecule has 1 fully saturated rings. The largest absolute Gasteiger partial charge is 0.458 e. The molecule has 3 rings (SSSR count). The molecule has 0 saturated heterocycles. The maximum absolute atomic E-state index is 14.0. The number of aliphatic hydroxyl groups is 2. The second kappa shape index (κ2) is 14.0. The molecule has 45 heavy (non-hydrogen) atoms. The molecule has 10 heteroatoms. The normalized spacial score (nSPS) is 34.2. The van der Waals surface area contributed by atoms with E-state index in [1.807, 2.05) is 13.8 Å². The van der Waals surface area contributed by atoms with E-state index in [2.05, 4.69) is 6.58 Å². The Morgan fingerprint density at radius 1 is 0.978 bits per heavy atom. The van der Waals surface area contributed by atoms with Crippen molar-refractivity contribution in [1.29, 1.82) is 0 Å². The predicted octanol–water partition coefficient (Wildman–Crippen LogP) is 4.37. The Morgan fingerprint density at radius 3 is 2.13 bits per heavy atom. The number of carbonyl (C=O) groups is 4. The van der Waals surface area contributed by atoms with E-state index in [0.29, 0.717) is 0 Å². The van der Waals surface area contributed by atoms with Gasteiger partial charge in [0.1, 0.15) is 5.60 Å². The lowest BCUT2D eigenvalue weighted by Crippen LogP contribution is -2.56. The van der Waals surface area contributed by atoms with Crippen LogP contribution in [0.25, 0.3) is 0 Å². The van der Waals surface area contributed by atoms with Crippen molar-refractivity contribution in [3.05, 3.63) is 60.2 Å². The molecule has 2 aliphatic rings. The van der Waals surface area contributed by atoms with E-state index in [9.17, 15) is 29.4 Å². The van der Waals surface area contributed by atoms with Crippen molar-refractivity contribution in [1.82, 2.24) is 0 Å². The number of fused-ring (bicyclic) bond motifs is 1. The molecule has 4 unspecified atom stereocenters. The lowest BCUT2D eigenvalue weighted by molar-refractivity contribution is -0.183. The summed E-state index contributed by atoms with van der Waals surface area (Å²) in [5, 5.41) is 23.4. The number of ether oxygens (including phenoxy) is 4. The highest BCUT2D eigenvalue weighted by Crippen LogP contribution is 2.49. The van der Waals surface area contributed by atoms with Gasteiger partial charge in [0.05, 0.1) is 17.3 Å². The Bertz CT molecular complexity index is 1300. The zero-order chi connectivity index (χ0) is 33.9. The zero-order valence-corrected chi connectivity index (χ0v) is 27.6. The molecule has 2 N–H and O–H groups in total. The molecule has 8 atom stereocenters. The number of benzene rings is 1. The van der Waals surface area contributed by atoms with Gasteiger partial charge in [-0.15, -0.1) is 0 Å². The summed E-state index contributed by atoms with van der Waals surface area (Å²) >= 11 is 0. The van der Waals surface area contributed by atoms with E-state index in [0.717, 1.165) is 0 Å². The molecular weight excluding hydrogens is 580 g/mol. The summed E-state index contributed by atoms with van der Waals surface area (Å²) in [6, 6.07) is 8.16. The first-order valence-corrected chi connectivity index (χ1v) is 15.4. The molecule has 1 saturated carbocycles. The van der Waals surface area contributed by atoms with Crippen molar-refractivity contribution in [2.24, 2.45) is 23.2 Å². The Hall–Kier alpha value is -3.34. The minimum absolute atomic E-state index is 0.00839. The van der Waals surface area contributed by atoms with Crippen LogP contribution in [0.2, 0.25) is 0 Å². The summed E-state index contributed by atoms with van der Waals surface area (Å²) in [5.74, 6) is -4.54. The quantitative estimate of drug-likeness (QED) is 0.254. The van der Waals surface area contributed by atoms with E-state index < -0.39 is 76.6 Å². The number of rotatable bonds is 7. The van der Waals surface area contributed by atoms with Crippen LogP contribution < -0.4 is 0 Å². The van der Waals surface area contributed by atoms with Crippen LogP contribution >= 0.6 is 0 Å². The van der Waals surface area contributed by atoms with Crippen LogP contribution in [0.3, 0.4) is 0 Å². The first kappa shape index (κ1) is 36.1. The first-order valence-electron chi connectivity index (χ1n) is 15.4. The Balaban J connectivity index is 2.35. The van der Waals surface area contributed by atoms with Gasteiger partial charge >= 0.3 is 17.9 Å². The van der Waals surface area contributed by atoms with Crippen LogP contribution in [0.15, 0.2) is 54.6 Å². The fourth-order valence-electron chi connectivity index (χ4n) is 6.37. The standard InChI is InChI=1S/C35H48O10/c1-20(2)18-42-27-22(4)28(45-32(39)25-13-11-10-12-14-25)29(43-23(5)36)31(44-24(6)37)33(7,8)16-15-21(3)30(38)35(41)19-34(9,40)17-26(27)35/h10-16,20-21,26-29,31,40-41H,4,17-19H2,1-3,5-9H3/b16-15-/t21?,26?,27?,28-,29+,31?,34-,35+/m1/s1. The van der Waals surface area contributed by atoms with E-state index in [1.54, 1.807) is 70.2 Å². The second-order valence-corrected chi connectivity index (χ2v) is 13.8. The molecule has 0 aliphatic heterocycles. The highest BCUT2D eigenvalue weighted by Gasteiger charge is 2.60. The Kier molecular flexibility index (Phi) is 11.2. The Labute approximate surface area is 265 Å². The van der Waals surface area contributed by atoms with Gasteiger partial charge in [0.15, 0.2) is 24.1 Å². The highest BCUT2D eigenvalue weighted by molar-refractivity contribution is 5.91. The van der Waals surface area contributed by atoms with Crippen LogP contribution in [0.1, 0.15) is 78.6 Å². The number of hydrogen-bond donors (Lipinski definition) is 2. The monoisotopic (exact) mass is 628 g/mol. The summed E-state index contributed by atoms with van der Waals surface area (Å²) in [6.07, 6.45) is -2.32. The number of allylic oxidation sites excluding steroid dienone is 1. The molecule has 0 aromatic heterocycles. The van der Waals surface area contributed by atoms with Gasteiger partial charge in [0.25, 0.3) is 0 Å². The second-order valence-electron chi connectivity index (χ2n) is 13.8. The van der Waals surface area contributed by atoms with Gasteiger partial charge in [0.2, 0.25) is 0 Å². The van der Waals surface area contributed by atoms with E-state index in [1.165, 1.54) is 13.8 Å². The molecule has 0 radical (unpaired) electrons. The van der Waals surface area contributed by atoms with Gasteiger partial charge in [-0.25, -0.2) is 4.79 Å². The van der Waals surface area contributed by atoms with Crippen molar-refractivity contribution < 1.29 is 48.3 Å². The lowest BCUT2D eigenvalue weighted by atomic mass is 9.72. The van der Waals surface area contributed by atoms with E-state index in [4.69, 9.17) is 18.9 Å². The molecule has 1 aromatic rings. The van der Waals surface area contributed by atoms with Gasteiger partial charge in [-0.3, -0.25) is 14.4 Å². The fraction of sp³-hybridized carbons (Fsp3) is 0.600. The van der Waals surface area contributed by atoms with Crippen molar-refractivity contribution in [2.45, 2.75) is 104 Å². The van der Waals surface area contributed by atoms with Gasteiger partial charge in [-0.05, 0) is 37.0 Å². The molecule has 248 valence electrons. The smallest absolute Gasteiger partial charge is 0.338 e. The van der Waals surface area contributed by atoms with Gasteiger partial charge in [0, 0.05) is 44.1 Å². The first-order chi connectivity index (χ1) is 20.8. The lowest BCUT2D eigenvalue weighted by Gasteiger charge is -2.43. The number of hydrogen-bond acceptors (Lipinski definition) is 10. The summed E-state index contributed by atoms with van der Waals surface area (Å²) in [7, 11) is 0. The average Bonchev–Trinajstić information content (AvgIpc) is 3.20. The van der Waals surface area contributed by atoms with Crippen LogP contribution in [-0.2, 0) is 33.3 Å². The molecule has 0 heterocycles. The molecule has 10 nitrogen and oxygen atoms in total. The topological polar surface area (TPSA) is 146 Å². The molecule has 2 aliphatic carbocycles. The van der Waals surface area contributed by atoms with Gasteiger partial charge in [-0.1, -0.05) is 71.5 Å². The predicted molar refractivity (Wildman–Crippen MR) is 166 cm³/mol. The molecular formula is C35H48O10. The maximum Gasteiger partial charge on any atom is 0.338 e. The zero-order valence-electron chi connectivity index (χ0n) is 27.6. The summed E-state index contributed by atoms with van der Waals surface area (Å²) in [6.45, 7) is 17.3. The van der Waals surface area contributed by atoms with Crippen LogP contribution in [0.5, 0.6) is 0 Å². The third-order valence-electron chi connectivity index (χ3n) is 8.45. The molecule has 0 bridgehead atoms. The fourth-order valence-corrected chi connectivity index (χ4v) is 6.37. The van der Waals surface area contributed by atoms with Crippen molar-refractivity contribution >= 4 is 23.7 Å². The van der Waals surface area contributed by atoms with Crippen molar-refractivity contribution in [3.8, 4) is 0 Å². The SMILES string of the molecule is C=C1C(OCC(C)C)C2C[C@@](C)(O)C[C@@]2(O)C(=O)C(C)/C=C\C(C)(C)C(OC(C)=O)[C@@H](OC(C)=O)[C@@H]1OC(=O)c1ccccc1. The summed E-state index contributed by atoms with van der Waals surface area (Å²) in [5.41, 5.74) is -4.31. The van der Waals surface area contributed by atoms with E-state index >= 15 is 0 Å². The highest BCUT2D eigenvalue weighted by atomic mass is 16.6. The number of esters is 3. The number of carbonyl (C=O) groups excluding carboxylic acids is 4. The van der Waals surface area contributed by atoms with Crippen molar-refractivity contribution in [3.63, 3.8) is 0 Å². The average molecular weight is 629 g/mol. The minimum atomic E-state index is -2.04. The summed E-state index contributed by atoms with van der Waals surface area (Å²) in [4.78, 5) is 52.8. The van der Waals surface area contributed by atoms with Crippen LogP contribution in [0, 0.1) is 23.2 Å². The minimum Gasteiger partial charge on any atom is -0.458 e. The Morgan fingerprint density at radius 2 is 1.58 bits per heavy atom. The third-order valence-corrected chi connectivity index (χ3v) is 8.45. The number of ketones is 1. The molecule has 0 amide bonds. The molecule has 1 aromatic carbocycles. The van der Waals surface area contributed by atoms with Gasteiger partial charge < -0.3 is 29.2 Å². The van der Waals surface area contributed by atoms with Crippen LogP contribution in [-0.4, -0.2) is 76.1 Å². The van der Waals surface area contributed by atoms with E-state index in [-0.39, 0.29) is 36.5 Å².